The van der Waals surface area contributed by atoms with Crippen LogP contribution in [0.5, 0.6) is 0 Å². The van der Waals surface area contributed by atoms with Gasteiger partial charge >= 0.3 is 0 Å². The van der Waals surface area contributed by atoms with Crippen molar-refractivity contribution in [3.8, 4) is 0 Å². The van der Waals surface area contributed by atoms with E-state index >= 15 is 0 Å². The Balaban J connectivity index is 1.44. The summed E-state index contributed by atoms with van der Waals surface area (Å²) in [5.41, 5.74) is 0. The molecule has 0 aromatic carbocycles. The summed E-state index contributed by atoms with van der Waals surface area (Å²) in [4.78, 5) is 11.2. The van der Waals surface area contributed by atoms with Crippen molar-refractivity contribution in [1.29, 1.82) is 0 Å². The molecule has 4 heteroatoms. The van der Waals surface area contributed by atoms with Gasteiger partial charge in [0.05, 0.1) is 12.2 Å². The first kappa shape index (κ1) is 17.2. The Morgan fingerprint density at radius 3 is 2.13 bits per heavy atom. The molecule has 0 spiro atoms. The lowest BCUT2D eigenvalue weighted by Crippen LogP contribution is -2.51. The quantitative estimate of drug-likeness (QED) is 0.816. The van der Waals surface area contributed by atoms with Gasteiger partial charge in [-0.2, -0.15) is 0 Å². The molecule has 23 heavy (non-hydrogen) atoms. The summed E-state index contributed by atoms with van der Waals surface area (Å²) >= 11 is 0. The molecule has 0 aromatic heterocycles. The smallest absolute Gasteiger partial charge is 0.217 e. The van der Waals surface area contributed by atoms with Crippen molar-refractivity contribution in [2.75, 3.05) is 0 Å². The van der Waals surface area contributed by atoms with Gasteiger partial charge in [-0.3, -0.25) is 4.79 Å². The van der Waals surface area contributed by atoms with Crippen molar-refractivity contribution in [2.45, 2.75) is 114 Å². The highest BCUT2D eigenvalue weighted by Gasteiger charge is 2.32. The minimum atomic E-state index is 0.110. The molecule has 2 atom stereocenters. The van der Waals surface area contributed by atoms with E-state index in [0.717, 1.165) is 12.8 Å². The Bertz CT molecular complexity index is 374. The maximum absolute atomic E-state index is 11.2. The molecule has 3 aliphatic rings. The van der Waals surface area contributed by atoms with Crippen LogP contribution in [0, 0.1) is 0 Å². The van der Waals surface area contributed by atoms with Crippen molar-refractivity contribution in [3.63, 3.8) is 0 Å². The maximum Gasteiger partial charge on any atom is 0.217 e. The summed E-state index contributed by atoms with van der Waals surface area (Å²) in [5, 5.41) is 6.99. The molecule has 3 aliphatic carbocycles. The third kappa shape index (κ3) is 5.18. The zero-order chi connectivity index (χ0) is 16.1. The Kier molecular flexibility index (Phi) is 6.35. The Morgan fingerprint density at radius 2 is 1.43 bits per heavy atom. The average molecular weight is 322 g/mol. The molecular weight excluding hydrogens is 288 g/mol. The van der Waals surface area contributed by atoms with Gasteiger partial charge in [-0.25, -0.2) is 0 Å². The molecule has 0 radical (unpaired) electrons. The summed E-state index contributed by atoms with van der Waals surface area (Å²) in [6.07, 6.45) is 15.9. The molecule has 0 saturated heterocycles. The number of carbonyl (C=O) groups excluding carboxylic acids is 1. The van der Waals surface area contributed by atoms with E-state index in [0.29, 0.717) is 30.3 Å². The van der Waals surface area contributed by atoms with Crippen LogP contribution in [0.15, 0.2) is 0 Å². The number of nitrogens with one attached hydrogen (secondary N) is 2. The maximum atomic E-state index is 11.2. The minimum absolute atomic E-state index is 0.110. The lowest BCUT2D eigenvalue weighted by molar-refractivity contribution is -0.119. The molecule has 3 fully saturated rings. The van der Waals surface area contributed by atoms with Gasteiger partial charge in [-0.05, 0) is 51.4 Å². The zero-order valence-corrected chi connectivity index (χ0v) is 14.7. The van der Waals surface area contributed by atoms with Crippen LogP contribution in [0.25, 0.3) is 0 Å². The first-order valence-corrected chi connectivity index (χ1v) is 9.89. The fraction of sp³-hybridized carbons (Fsp3) is 0.947. The first-order chi connectivity index (χ1) is 11.2. The summed E-state index contributed by atoms with van der Waals surface area (Å²) in [6, 6.07) is 1.55. The van der Waals surface area contributed by atoms with Crippen LogP contribution in [0.2, 0.25) is 0 Å². The van der Waals surface area contributed by atoms with Crippen LogP contribution in [-0.2, 0) is 9.53 Å². The Labute approximate surface area is 141 Å². The summed E-state index contributed by atoms with van der Waals surface area (Å²) < 4.78 is 6.46. The molecule has 3 rings (SSSR count). The monoisotopic (exact) mass is 322 g/mol. The molecule has 0 aliphatic heterocycles. The fourth-order valence-corrected chi connectivity index (χ4v) is 4.72. The van der Waals surface area contributed by atoms with Crippen LogP contribution < -0.4 is 10.6 Å². The summed E-state index contributed by atoms with van der Waals surface area (Å²) in [5.74, 6) is 0.110. The van der Waals surface area contributed by atoms with Crippen LogP contribution in [-0.4, -0.2) is 36.2 Å². The highest BCUT2D eigenvalue weighted by molar-refractivity contribution is 5.73. The normalized spacial score (nSPS) is 36.0. The number of rotatable bonds is 5. The largest absolute Gasteiger partial charge is 0.373 e. The SMILES string of the molecule is CC(=O)NC1CCC(N[C@H]2CCCC[C@@H]2OC2CCCC2)CC1. The topological polar surface area (TPSA) is 50.4 Å². The van der Waals surface area contributed by atoms with Crippen molar-refractivity contribution in [2.24, 2.45) is 0 Å². The van der Waals surface area contributed by atoms with E-state index in [4.69, 9.17) is 4.74 Å². The predicted molar refractivity (Wildman–Crippen MR) is 92.4 cm³/mol. The number of carbonyl (C=O) groups is 1. The molecule has 0 bridgehead atoms. The highest BCUT2D eigenvalue weighted by Crippen LogP contribution is 2.29. The lowest BCUT2D eigenvalue weighted by atomic mass is 9.87. The van der Waals surface area contributed by atoms with Crippen LogP contribution >= 0.6 is 0 Å². The molecule has 132 valence electrons. The van der Waals surface area contributed by atoms with E-state index in [9.17, 15) is 4.79 Å². The number of amides is 1. The molecule has 4 nitrogen and oxygen atoms in total. The average Bonchev–Trinajstić information content (AvgIpc) is 3.04. The molecule has 1 amide bonds. The molecule has 0 heterocycles. The molecule has 0 aromatic rings. The van der Waals surface area contributed by atoms with Gasteiger partial charge < -0.3 is 15.4 Å². The third-order valence-electron chi connectivity index (χ3n) is 5.96. The van der Waals surface area contributed by atoms with Crippen LogP contribution in [0.1, 0.15) is 84.0 Å². The van der Waals surface area contributed by atoms with Crippen molar-refractivity contribution >= 4 is 5.91 Å². The van der Waals surface area contributed by atoms with Gasteiger partial charge in [0, 0.05) is 25.0 Å². The Morgan fingerprint density at radius 1 is 0.826 bits per heavy atom. The van der Waals surface area contributed by atoms with Gasteiger partial charge in [-0.1, -0.05) is 25.7 Å². The number of hydrogen-bond donors (Lipinski definition) is 2. The molecular formula is C19H34N2O2. The van der Waals surface area contributed by atoms with Crippen LogP contribution in [0.3, 0.4) is 0 Å². The zero-order valence-electron chi connectivity index (χ0n) is 14.7. The van der Waals surface area contributed by atoms with E-state index in [-0.39, 0.29) is 5.91 Å². The summed E-state index contributed by atoms with van der Waals surface area (Å²) in [6.45, 7) is 1.62. The second kappa shape index (κ2) is 8.48. The van der Waals surface area contributed by atoms with Crippen molar-refractivity contribution in [3.05, 3.63) is 0 Å². The van der Waals surface area contributed by atoms with E-state index in [1.165, 1.54) is 64.2 Å². The third-order valence-corrected chi connectivity index (χ3v) is 5.96. The first-order valence-electron chi connectivity index (χ1n) is 9.89. The van der Waals surface area contributed by atoms with Gasteiger partial charge in [0.1, 0.15) is 0 Å². The van der Waals surface area contributed by atoms with Gasteiger partial charge in [0.25, 0.3) is 0 Å². The lowest BCUT2D eigenvalue weighted by Gasteiger charge is -2.38. The number of ether oxygens (including phenoxy) is 1. The molecule has 0 unspecified atom stereocenters. The van der Waals surface area contributed by atoms with E-state index < -0.39 is 0 Å². The number of hydrogen-bond acceptors (Lipinski definition) is 3. The fourth-order valence-electron chi connectivity index (χ4n) is 4.72. The Hall–Kier alpha value is -0.610. The standard InChI is InChI=1S/C19H34N2O2/c1-14(22)20-15-10-12-16(13-11-15)21-18-8-4-5-9-19(18)23-17-6-2-3-7-17/h15-19,21H,2-13H2,1H3,(H,20,22)/t15?,16?,18-,19-/m0/s1. The van der Waals surface area contributed by atoms with Gasteiger partial charge in [0.2, 0.25) is 5.91 Å². The molecule has 3 saturated carbocycles. The second-order valence-electron chi connectivity index (χ2n) is 7.89. The summed E-state index contributed by atoms with van der Waals surface area (Å²) in [7, 11) is 0. The van der Waals surface area contributed by atoms with Crippen molar-refractivity contribution < 1.29 is 9.53 Å². The van der Waals surface area contributed by atoms with Crippen LogP contribution in [0.4, 0.5) is 0 Å². The van der Waals surface area contributed by atoms with E-state index in [1.807, 2.05) is 0 Å². The van der Waals surface area contributed by atoms with Crippen molar-refractivity contribution in [1.82, 2.24) is 10.6 Å². The minimum Gasteiger partial charge on any atom is -0.373 e. The highest BCUT2D eigenvalue weighted by atomic mass is 16.5. The second-order valence-corrected chi connectivity index (χ2v) is 7.89. The molecule has 2 N–H and O–H groups in total. The van der Waals surface area contributed by atoms with E-state index in [2.05, 4.69) is 10.6 Å². The van der Waals surface area contributed by atoms with Gasteiger partial charge in [0.15, 0.2) is 0 Å². The van der Waals surface area contributed by atoms with Gasteiger partial charge in [-0.15, -0.1) is 0 Å². The van der Waals surface area contributed by atoms with E-state index in [1.54, 1.807) is 6.92 Å². The predicted octanol–water partition coefficient (Wildman–Crippen LogP) is 3.29.